The predicted molar refractivity (Wildman–Crippen MR) is 228 cm³/mol. The largest absolute Gasteiger partial charge is 0.345 e. The Hall–Kier alpha value is -2.60. The first kappa shape index (κ1) is 44.5. The smallest absolute Gasteiger partial charge is 0.240 e. The van der Waals surface area contributed by atoms with Crippen LogP contribution in [0.4, 0.5) is 0 Å². The van der Waals surface area contributed by atoms with Crippen LogP contribution in [-0.2, 0) is 34.0 Å². The second-order valence-corrected chi connectivity index (χ2v) is 24.6. The lowest BCUT2D eigenvalue weighted by molar-refractivity contribution is -0.147. The van der Waals surface area contributed by atoms with E-state index in [1.807, 2.05) is 20.8 Å². The number of fused-ring (bicyclic) bond motifs is 1. The molecule has 0 aromatic rings. The van der Waals surface area contributed by atoms with Crippen molar-refractivity contribution in [1.29, 1.82) is 0 Å². The van der Waals surface area contributed by atoms with Gasteiger partial charge in [-0.3, -0.25) is 33.6 Å². The molecule has 12 heteroatoms. The maximum absolute atomic E-state index is 15.4. The number of allylic oxidation sites excluding steroid dienone is 1. The normalized spacial score (nSPS) is 33.2. The van der Waals surface area contributed by atoms with Crippen molar-refractivity contribution in [3.63, 3.8) is 0 Å². The lowest BCUT2D eigenvalue weighted by atomic mass is 9.73. The van der Waals surface area contributed by atoms with Gasteiger partial charge in [0.1, 0.15) is 0 Å². The molecule has 0 aromatic carbocycles. The Morgan fingerprint density at radius 2 is 1.49 bits per heavy atom. The van der Waals surface area contributed by atoms with Gasteiger partial charge in [-0.15, -0.1) is 6.58 Å². The lowest BCUT2D eigenvalue weighted by Crippen LogP contribution is -2.57. The molecule has 0 aromatic heterocycles. The van der Waals surface area contributed by atoms with Gasteiger partial charge in [-0.1, -0.05) is 72.8 Å². The second-order valence-electron chi connectivity index (χ2n) is 22.4. The van der Waals surface area contributed by atoms with Gasteiger partial charge in [0.15, 0.2) is 11.6 Å². The maximum Gasteiger partial charge on any atom is 0.240 e. The highest BCUT2D eigenvalue weighted by Crippen LogP contribution is 2.88. The van der Waals surface area contributed by atoms with E-state index < -0.39 is 49.5 Å². The van der Waals surface area contributed by atoms with Crippen molar-refractivity contribution in [3.05, 3.63) is 12.7 Å². The van der Waals surface area contributed by atoms with Gasteiger partial charge in [0.2, 0.25) is 27.7 Å². The van der Waals surface area contributed by atoms with Gasteiger partial charge in [-0.2, -0.15) is 0 Å². The fourth-order valence-corrected chi connectivity index (χ4v) is 14.2. The van der Waals surface area contributed by atoms with Gasteiger partial charge >= 0.3 is 0 Å². The summed E-state index contributed by atoms with van der Waals surface area (Å²) < 4.78 is 27.8. The Bertz CT molecular complexity index is 1840. The van der Waals surface area contributed by atoms with E-state index in [2.05, 4.69) is 49.2 Å². The molecule has 5 aliphatic carbocycles. The quantitative estimate of drug-likeness (QED) is 0.170. The SMILES string of the molecule is C=C[C@@H]1C[C@]1(CC(=O)[C@@H]1C[C@@]2(CN1C(=O)[C@@H](CC(=O)[C@@H](NC(=O)[C@H]1CCCCN1C(C)C)C1CCCCC1)C(C)(C)C)C(C)(C)C21CCC1)C(=O)NS(=O)(=O)C1(C)CC1. The summed E-state index contributed by atoms with van der Waals surface area (Å²) in [5.41, 5.74) is -2.19. The summed E-state index contributed by atoms with van der Waals surface area (Å²) in [5.74, 6) is -2.39. The molecule has 59 heavy (non-hydrogen) atoms. The predicted octanol–water partition coefficient (Wildman–Crippen LogP) is 6.88. The summed E-state index contributed by atoms with van der Waals surface area (Å²) >= 11 is 0. The zero-order valence-electron chi connectivity index (χ0n) is 37.4. The molecule has 7 aliphatic rings. The van der Waals surface area contributed by atoms with Crippen molar-refractivity contribution < 1.29 is 32.4 Å². The number of rotatable bonds is 15. The fourth-order valence-electron chi connectivity index (χ4n) is 12.8. The molecule has 7 atom stereocenters. The Balaban J connectivity index is 1.16. The van der Waals surface area contributed by atoms with Crippen molar-refractivity contribution in [1.82, 2.24) is 19.8 Å². The summed E-state index contributed by atoms with van der Waals surface area (Å²) in [6, 6.07) is -1.56. The summed E-state index contributed by atoms with van der Waals surface area (Å²) in [4.78, 5) is 77.1. The highest BCUT2D eigenvalue weighted by Gasteiger charge is 2.85. The van der Waals surface area contributed by atoms with Crippen LogP contribution in [-0.4, -0.2) is 89.5 Å². The van der Waals surface area contributed by atoms with Crippen LogP contribution in [0.25, 0.3) is 0 Å². The van der Waals surface area contributed by atoms with Crippen molar-refractivity contribution >= 4 is 39.3 Å². The molecule has 2 spiro atoms. The van der Waals surface area contributed by atoms with Crippen LogP contribution >= 0.6 is 0 Å². The molecule has 2 saturated heterocycles. The Morgan fingerprint density at radius 3 is 2.02 bits per heavy atom. The van der Waals surface area contributed by atoms with Crippen molar-refractivity contribution in [2.45, 2.75) is 193 Å². The number of likely N-dealkylation sites (tertiary alicyclic amines) is 2. The van der Waals surface area contributed by atoms with Crippen LogP contribution in [0.1, 0.15) is 165 Å². The summed E-state index contributed by atoms with van der Waals surface area (Å²) in [5, 5.41) is 3.28. The van der Waals surface area contributed by atoms with Gasteiger partial charge in [0, 0.05) is 36.8 Å². The number of sulfonamides is 1. The average Bonchev–Trinajstić information content (AvgIpc) is 4.09. The monoisotopic (exact) mass is 839 g/mol. The molecule has 7 rings (SSSR count). The molecule has 3 amide bonds. The number of nitrogens with zero attached hydrogens (tertiary/aromatic N) is 2. The number of nitrogens with one attached hydrogen (secondary N) is 2. The van der Waals surface area contributed by atoms with E-state index in [0.717, 1.165) is 77.2 Å². The second kappa shape index (κ2) is 15.3. The van der Waals surface area contributed by atoms with Crippen molar-refractivity contribution in [2.75, 3.05) is 13.1 Å². The lowest BCUT2D eigenvalue weighted by Gasteiger charge is -2.40. The maximum atomic E-state index is 15.4. The number of carbonyl (C=O) groups is 5. The Labute approximate surface area is 354 Å². The molecular weight excluding hydrogens is 765 g/mol. The minimum absolute atomic E-state index is 0.00660. The molecule has 0 unspecified atom stereocenters. The molecule has 330 valence electrons. The van der Waals surface area contributed by atoms with E-state index in [9.17, 15) is 27.6 Å². The number of Topliss-reactive ketones (excluding diaryl/α,β-unsaturated/α-hetero) is 2. The van der Waals surface area contributed by atoms with E-state index in [4.69, 9.17) is 0 Å². The summed E-state index contributed by atoms with van der Waals surface area (Å²) in [6.07, 6.45) is 14.0. The number of piperidine rings is 1. The number of hydrogen-bond donors (Lipinski definition) is 2. The minimum Gasteiger partial charge on any atom is -0.345 e. The standard InChI is InChI=1S/C47H74N4O7S/c1-10-32-26-45(32,41(56)49-59(57,58)44(9)22-23-44)28-37(53)35-27-47(43(7,8)46(47)20-16-21-46)29-51(35)40(55)33(42(4,5)6)25-36(52)38(31-17-12-11-13-18-31)48-39(54)34-19-14-15-24-50(34)30(2)3/h10,30-35,38H,1,11-29H2,2-9H3,(H,48,54)(H,49,56)/t32-,33-,34-,35+,38+,45-,47-/m1/s1. The molecule has 2 aliphatic heterocycles. The third-order valence-electron chi connectivity index (χ3n) is 17.7. The molecular formula is C47H74N4O7S. The fraction of sp³-hybridized carbons (Fsp3) is 0.851. The number of carbonyl (C=O) groups excluding carboxylic acids is 5. The van der Waals surface area contributed by atoms with E-state index in [1.54, 1.807) is 17.9 Å². The summed E-state index contributed by atoms with van der Waals surface area (Å²) in [6.45, 7) is 21.5. The van der Waals surface area contributed by atoms with Crippen LogP contribution in [0.15, 0.2) is 12.7 Å². The van der Waals surface area contributed by atoms with Crippen LogP contribution in [0.5, 0.6) is 0 Å². The highest BCUT2D eigenvalue weighted by molar-refractivity contribution is 7.91. The van der Waals surface area contributed by atoms with E-state index >= 15 is 4.79 Å². The van der Waals surface area contributed by atoms with Gasteiger partial charge in [-0.25, -0.2) is 8.42 Å². The third-order valence-corrected chi connectivity index (χ3v) is 19.8. The first-order valence-electron chi connectivity index (χ1n) is 23.1. The van der Waals surface area contributed by atoms with Crippen molar-refractivity contribution in [3.8, 4) is 0 Å². The van der Waals surface area contributed by atoms with E-state index in [1.165, 1.54) is 0 Å². The molecule has 2 heterocycles. The highest BCUT2D eigenvalue weighted by atomic mass is 32.2. The third kappa shape index (κ3) is 7.37. The number of amides is 3. The number of ketones is 2. The topological polar surface area (TPSA) is 150 Å². The van der Waals surface area contributed by atoms with Crippen LogP contribution < -0.4 is 10.0 Å². The molecule has 0 radical (unpaired) electrons. The first-order chi connectivity index (χ1) is 27.5. The Morgan fingerprint density at radius 1 is 0.847 bits per heavy atom. The molecule has 0 bridgehead atoms. The molecule has 7 fully saturated rings. The Kier molecular flexibility index (Phi) is 11.6. The zero-order chi connectivity index (χ0) is 43.1. The molecule has 2 N–H and O–H groups in total. The minimum atomic E-state index is -3.92. The van der Waals surface area contributed by atoms with Crippen LogP contribution in [0.2, 0.25) is 0 Å². The van der Waals surface area contributed by atoms with Crippen LogP contribution in [0, 0.1) is 44.8 Å². The van der Waals surface area contributed by atoms with Crippen molar-refractivity contribution in [2.24, 2.45) is 44.8 Å². The zero-order valence-corrected chi connectivity index (χ0v) is 38.2. The van der Waals surface area contributed by atoms with E-state index in [0.29, 0.717) is 32.2 Å². The molecule has 11 nitrogen and oxygen atoms in total. The average molecular weight is 839 g/mol. The summed E-state index contributed by atoms with van der Waals surface area (Å²) in [7, 11) is -3.92. The molecule has 5 saturated carbocycles. The van der Waals surface area contributed by atoms with Gasteiger partial charge in [-0.05, 0) is 120 Å². The number of hydrogen-bond acceptors (Lipinski definition) is 8. The first-order valence-corrected chi connectivity index (χ1v) is 24.6. The van der Waals surface area contributed by atoms with Gasteiger partial charge < -0.3 is 10.2 Å². The van der Waals surface area contributed by atoms with Crippen LogP contribution in [0.3, 0.4) is 0 Å². The van der Waals surface area contributed by atoms with Gasteiger partial charge in [0.05, 0.1) is 28.3 Å². The van der Waals surface area contributed by atoms with E-state index in [-0.39, 0.29) is 76.4 Å². The van der Waals surface area contributed by atoms with Gasteiger partial charge in [0.25, 0.3) is 0 Å².